The van der Waals surface area contributed by atoms with Crippen LogP contribution in [0.5, 0.6) is 5.75 Å². The molecule has 0 saturated carbocycles. The number of halogens is 3. The molecular formula is C24H27F3N2O4S2. The van der Waals surface area contributed by atoms with Gasteiger partial charge in [0, 0.05) is 29.3 Å². The molecule has 1 amide bonds. The average Bonchev–Trinajstić information content (AvgIpc) is 3.35. The first kappa shape index (κ1) is 25.8. The molecule has 11 heteroatoms. The molecule has 2 aromatic carbocycles. The first-order chi connectivity index (χ1) is 16.5. The van der Waals surface area contributed by atoms with Gasteiger partial charge in [-0.3, -0.25) is 9.69 Å². The van der Waals surface area contributed by atoms with Crippen LogP contribution in [0.15, 0.2) is 53.4 Å². The van der Waals surface area contributed by atoms with Crippen LogP contribution >= 0.6 is 11.8 Å². The van der Waals surface area contributed by atoms with E-state index in [0.717, 1.165) is 22.8 Å². The molecule has 6 nitrogen and oxygen atoms in total. The van der Waals surface area contributed by atoms with E-state index in [1.807, 2.05) is 29.2 Å². The molecule has 35 heavy (non-hydrogen) atoms. The van der Waals surface area contributed by atoms with Gasteiger partial charge in [-0.05, 0) is 54.8 Å². The quantitative estimate of drug-likeness (QED) is 0.590. The largest absolute Gasteiger partial charge is 0.497 e. The van der Waals surface area contributed by atoms with E-state index >= 15 is 0 Å². The van der Waals surface area contributed by atoms with Crippen LogP contribution in [-0.2, 0) is 27.4 Å². The number of carbonyl (C=O) groups excluding carboxylic acids is 1. The summed E-state index contributed by atoms with van der Waals surface area (Å²) in [5, 5.41) is 2.97. The number of alkyl halides is 3. The Bertz CT molecular complexity index is 1140. The summed E-state index contributed by atoms with van der Waals surface area (Å²) >= 11 is 1.63. The van der Waals surface area contributed by atoms with Crippen LogP contribution < -0.4 is 10.1 Å². The van der Waals surface area contributed by atoms with Crippen LogP contribution in [0.4, 0.5) is 13.2 Å². The Morgan fingerprint density at radius 3 is 2.40 bits per heavy atom. The lowest BCUT2D eigenvalue weighted by Crippen LogP contribution is -2.47. The Morgan fingerprint density at radius 1 is 1.14 bits per heavy atom. The molecule has 2 aliphatic heterocycles. The summed E-state index contributed by atoms with van der Waals surface area (Å²) in [7, 11) is -1.54. The van der Waals surface area contributed by atoms with Crippen molar-refractivity contribution in [2.45, 2.75) is 47.8 Å². The maximum atomic E-state index is 13.2. The van der Waals surface area contributed by atoms with Crippen molar-refractivity contribution in [3.8, 4) is 5.75 Å². The van der Waals surface area contributed by atoms with Gasteiger partial charge in [-0.25, -0.2) is 8.42 Å². The molecule has 0 unspecified atom stereocenters. The average molecular weight is 529 g/mol. The topological polar surface area (TPSA) is 75.7 Å². The third kappa shape index (κ3) is 6.71. The Labute approximate surface area is 207 Å². The monoisotopic (exact) mass is 528 g/mol. The van der Waals surface area contributed by atoms with Crippen LogP contribution in [0.2, 0.25) is 0 Å². The van der Waals surface area contributed by atoms with Crippen molar-refractivity contribution in [2.24, 2.45) is 0 Å². The van der Waals surface area contributed by atoms with Gasteiger partial charge in [-0.1, -0.05) is 12.1 Å². The number of ether oxygens (including phenoxy) is 1. The molecule has 2 saturated heterocycles. The summed E-state index contributed by atoms with van der Waals surface area (Å²) in [5.74, 6) is 0.507. The third-order valence-electron chi connectivity index (χ3n) is 6.28. The standard InChI is InChI=1S/C24H27F3N2O4S2/c1-33-19-6-8-20(9-7-19)34-21-12-22(23(30)28-18-10-11-35(31,32)15-18)29(14-21)13-16-2-4-17(5-3-16)24(25,26)27/h2-9,18,21-22H,10-15H2,1H3,(H,28,30)/t18-,21+,22-/m0/s1. The lowest BCUT2D eigenvalue weighted by Gasteiger charge is -2.25. The second kappa shape index (κ2) is 10.4. The number of benzene rings is 2. The van der Waals surface area contributed by atoms with Gasteiger partial charge >= 0.3 is 6.18 Å². The van der Waals surface area contributed by atoms with Gasteiger partial charge in [0.15, 0.2) is 9.84 Å². The van der Waals surface area contributed by atoms with Crippen LogP contribution in [0.1, 0.15) is 24.0 Å². The normalized spacial score (nSPS) is 24.4. The van der Waals surface area contributed by atoms with Crippen molar-refractivity contribution in [1.29, 1.82) is 0 Å². The Morgan fingerprint density at radius 2 is 1.83 bits per heavy atom. The summed E-state index contributed by atoms with van der Waals surface area (Å²) in [5.41, 5.74) is -0.0401. The molecule has 190 valence electrons. The van der Waals surface area contributed by atoms with Gasteiger partial charge in [0.1, 0.15) is 5.75 Å². The molecule has 2 aromatic rings. The Balaban J connectivity index is 1.47. The van der Waals surface area contributed by atoms with Crippen LogP contribution in [0, 0.1) is 0 Å². The van der Waals surface area contributed by atoms with Crippen molar-refractivity contribution in [3.05, 3.63) is 59.7 Å². The van der Waals surface area contributed by atoms with E-state index in [4.69, 9.17) is 4.74 Å². The Hall–Kier alpha value is -2.24. The number of carbonyl (C=O) groups is 1. The minimum Gasteiger partial charge on any atom is -0.497 e. The van der Waals surface area contributed by atoms with Crippen molar-refractivity contribution in [1.82, 2.24) is 10.2 Å². The molecule has 0 aliphatic carbocycles. The SMILES string of the molecule is COc1ccc(S[C@@H]2C[C@@H](C(=O)N[C@H]3CCS(=O)(=O)C3)N(Cc3ccc(C(F)(F)F)cc3)C2)cc1. The predicted octanol–water partition coefficient (Wildman–Crippen LogP) is 3.75. The maximum Gasteiger partial charge on any atom is 0.416 e. The van der Waals surface area contributed by atoms with E-state index in [1.54, 1.807) is 18.9 Å². The number of hydrogen-bond acceptors (Lipinski definition) is 6. The van der Waals surface area contributed by atoms with Crippen LogP contribution in [0.25, 0.3) is 0 Å². The van der Waals surface area contributed by atoms with E-state index in [2.05, 4.69) is 5.32 Å². The number of hydrogen-bond donors (Lipinski definition) is 1. The number of likely N-dealkylation sites (tertiary alicyclic amines) is 1. The lowest BCUT2D eigenvalue weighted by atomic mass is 10.1. The number of methoxy groups -OCH3 is 1. The predicted molar refractivity (Wildman–Crippen MR) is 128 cm³/mol. The summed E-state index contributed by atoms with van der Waals surface area (Å²) in [6.07, 6.45) is -3.47. The zero-order valence-corrected chi connectivity index (χ0v) is 20.8. The summed E-state index contributed by atoms with van der Waals surface area (Å²) in [6, 6.07) is 11.7. The molecule has 0 bridgehead atoms. The Kier molecular flexibility index (Phi) is 7.68. The van der Waals surface area contributed by atoms with E-state index in [9.17, 15) is 26.4 Å². The van der Waals surface area contributed by atoms with Crippen molar-refractivity contribution in [3.63, 3.8) is 0 Å². The molecule has 2 aliphatic rings. The van der Waals surface area contributed by atoms with Gasteiger partial charge in [0.05, 0.1) is 30.2 Å². The molecule has 0 spiro atoms. The molecule has 1 N–H and O–H groups in total. The highest BCUT2D eigenvalue weighted by atomic mass is 32.2. The second-order valence-corrected chi connectivity index (χ2v) is 12.5. The fraction of sp³-hybridized carbons (Fsp3) is 0.458. The van der Waals surface area contributed by atoms with Gasteiger partial charge in [0.25, 0.3) is 0 Å². The van der Waals surface area contributed by atoms with E-state index in [0.29, 0.717) is 31.5 Å². The number of sulfone groups is 1. The van der Waals surface area contributed by atoms with Crippen LogP contribution in [0.3, 0.4) is 0 Å². The molecule has 2 heterocycles. The smallest absolute Gasteiger partial charge is 0.416 e. The summed E-state index contributed by atoms with van der Waals surface area (Å²) in [6.45, 7) is 0.887. The minimum atomic E-state index is -4.41. The number of amides is 1. The number of thioether (sulfide) groups is 1. The van der Waals surface area contributed by atoms with E-state index in [-0.39, 0.29) is 22.7 Å². The zero-order valence-electron chi connectivity index (χ0n) is 19.1. The fourth-order valence-corrected chi connectivity index (χ4v) is 7.38. The van der Waals surface area contributed by atoms with Gasteiger partial charge < -0.3 is 10.1 Å². The summed E-state index contributed by atoms with van der Waals surface area (Å²) < 4.78 is 67.6. The number of rotatable bonds is 7. The molecule has 0 aromatic heterocycles. The highest BCUT2D eigenvalue weighted by molar-refractivity contribution is 8.00. The van der Waals surface area contributed by atoms with E-state index < -0.39 is 33.7 Å². The van der Waals surface area contributed by atoms with Gasteiger partial charge in [0.2, 0.25) is 5.91 Å². The third-order valence-corrected chi connectivity index (χ3v) is 9.26. The molecule has 4 rings (SSSR count). The number of nitrogens with one attached hydrogen (secondary N) is 1. The maximum absolute atomic E-state index is 13.2. The molecular weight excluding hydrogens is 501 g/mol. The first-order valence-electron chi connectivity index (χ1n) is 11.2. The van der Waals surface area contributed by atoms with Crippen molar-refractivity contribution in [2.75, 3.05) is 25.2 Å². The molecule has 0 radical (unpaired) electrons. The van der Waals surface area contributed by atoms with E-state index in [1.165, 1.54) is 12.1 Å². The zero-order chi connectivity index (χ0) is 25.2. The minimum absolute atomic E-state index is 0.0611. The van der Waals surface area contributed by atoms with Crippen LogP contribution in [-0.4, -0.2) is 61.7 Å². The van der Waals surface area contributed by atoms with Gasteiger partial charge in [-0.2, -0.15) is 13.2 Å². The first-order valence-corrected chi connectivity index (χ1v) is 13.9. The van der Waals surface area contributed by atoms with Gasteiger partial charge in [-0.15, -0.1) is 11.8 Å². The fourth-order valence-electron chi connectivity index (χ4n) is 4.48. The molecule has 3 atom stereocenters. The lowest BCUT2D eigenvalue weighted by molar-refractivity contribution is -0.137. The number of nitrogens with zero attached hydrogens (tertiary/aromatic N) is 1. The highest BCUT2D eigenvalue weighted by Gasteiger charge is 2.39. The van der Waals surface area contributed by atoms with Crippen molar-refractivity contribution >= 4 is 27.5 Å². The highest BCUT2D eigenvalue weighted by Crippen LogP contribution is 2.35. The van der Waals surface area contributed by atoms with Crippen molar-refractivity contribution < 1.29 is 31.1 Å². The summed E-state index contributed by atoms with van der Waals surface area (Å²) in [4.78, 5) is 16.1. The molecule has 2 fully saturated rings. The second-order valence-electron chi connectivity index (χ2n) is 8.90.